The molecule has 26 heavy (non-hydrogen) atoms. The van der Waals surface area contributed by atoms with Gasteiger partial charge in [-0.2, -0.15) is 17.0 Å². The van der Waals surface area contributed by atoms with E-state index in [2.05, 4.69) is 29.2 Å². The van der Waals surface area contributed by atoms with Crippen LogP contribution in [0.1, 0.15) is 37.7 Å². The van der Waals surface area contributed by atoms with E-state index in [0.29, 0.717) is 13.1 Å². The van der Waals surface area contributed by atoms with Crippen molar-refractivity contribution in [1.82, 2.24) is 13.5 Å². The van der Waals surface area contributed by atoms with E-state index in [9.17, 15) is 8.42 Å². The quantitative estimate of drug-likeness (QED) is 0.766. The molecule has 0 radical (unpaired) electrons. The molecule has 1 saturated heterocycles. The van der Waals surface area contributed by atoms with E-state index < -0.39 is 10.2 Å². The summed E-state index contributed by atoms with van der Waals surface area (Å²) in [4.78, 5) is 2.31. The van der Waals surface area contributed by atoms with Crippen LogP contribution in [-0.2, 0) is 10.2 Å². The number of hydrogen-bond donors (Lipinski definition) is 0. The summed E-state index contributed by atoms with van der Waals surface area (Å²) in [5, 5.41) is 0. The molecule has 6 heteroatoms. The molecule has 0 atom stereocenters. The van der Waals surface area contributed by atoms with Gasteiger partial charge in [-0.05, 0) is 18.4 Å². The molecule has 0 unspecified atom stereocenters. The molecular formula is C20H31N3O2S. The van der Waals surface area contributed by atoms with Crippen molar-refractivity contribution in [3.8, 4) is 0 Å². The lowest BCUT2D eigenvalue weighted by Gasteiger charge is -2.38. The fraction of sp³-hybridized carbons (Fsp3) is 0.600. The molecule has 144 valence electrons. The van der Waals surface area contributed by atoms with Crippen molar-refractivity contribution in [1.29, 1.82) is 0 Å². The molecule has 2 aliphatic rings. The second kappa shape index (κ2) is 9.13. The Morgan fingerprint density at radius 1 is 1.04 bits per heavy atom. The third-order valence-electron chi connectivity index (χ3n) is 5.58. The Morgan fingerprint density at radius 3 is 2.35 bits per heavy atom. The molecule has 2 fully saturated rings. The molecule has 0 aromatic heterocycles. The summed E-state index contributed by atoms with van der Waals surface area (Å²) in [6.07, 6.45) is 9.81. The average Bonchev–Trinajstić information content (AvgIpc) is 2.69. The Morgan fingerprint density at radius 2 is 1.69 bits per heavy atom. The van der Waals surface area contributed by atoms with Crippen LogP contribution in [0, 0.1) is 0 Å². The summed E-state index contributed by atoms with van der Waals surface area (Å²) < 4.78 is 29.1. The van der Waals surface area contributed by atoms with Gasteiger partial charge in [0.05, 0.1) is 0 Å². The lowest BCUT2D eigenvalue weighted by Crippen LogP contribution is -2.54. The monoisotopic (exact) mass is 377 g/mol. The fourth-order valence-corrected chi connectivity index (χ4v) is 5.44. The molecule has 1 aliphatic carbocycles. The maximum Gasteiger partial charge on any atom is 0.282 e. The number of rotatable bonds is 6. The average molecular weight is 378 g/mol. The SMILES string of the molecule is CN(C1CCCCC1)S(=O)(=O)N1CCN(C/C=C/c2ccccc2)CC1. The third kappa shape index (κ3) is 4.94. The standard InChI is InChI=1S/C20H31N3O2S/c1-21(20-12-6-3-7-13-20)26(24,25)23-17-15-22(16-18-23)14-8-11-19-9-4-2-5-10-19/h2,4-5,8-11,20H,3,6-7,12-18H2,1H3/b11-8+. The molecule has 0 spiro atoms. The lowest BCUT2D eigenvalue weighted by atomic mass is 9.96. The van der Waals surface area contributed by atoms with Crippen LogP contribution in [0.15, 0.2) is 36.4 Å². The first-order valence-electron chi connectivity index (χ1n) is 9.74. The van der Waals surface area contributed by atoms with Crippen molar-refractivity contribution < 1.29 is 8.42 Å². The summed E-state index contributed by atoms with van der Waals surface area (Å²) in [6, 6.07) is 10.4. The summed E-state index contributed by atoms with van der Waals surface area (Å²) in [6.45, 7) is 3.60. The van der Waals surface area contributed by atoms with E-state index in [-0.39, 0.29) is 6.04 Å². The Labute approximate surface area is 158 Å². The summed E-state index contributed by atoms with van der Waals surface area (Å²) in [7, 11) is -1.56. The van der Waals surface area contributed by atoms with Crippen LogP contribution in [0.2, 0.25) is 0 Å². The van der Waals surface area contributed by atoms with Crippen LogP contribution >= 0.6 is 0 Å². The van der Waals surface area contributed by atoms with Gasteiger partial charge < -0.3 is 0 Å². The predicted molar refractivity (Wildman–Crippen MR) is 107 cm³/mol. The molecule has 1 aromatic carbocycles. The van der Waals surface area contributed by atoms with Crippen LogP contribution in [0.25, 0.3) is 6.08 Å². The van der Waals surface area contributed by atoms with E-state index in [4.69, 9.17) is 0 Å². The molecule has 5 nitrogen and oxygen atoms in total. The Balaban J connectivity index is 1.48. The highest BCUT2D eigenvalue weighted by molar-refractivity contribution is 7.86. The van der Waals surface area contributed by atoms with Crippen molar-refractivity contribution in [2.24, 2.45) is 0 Å². The van der Waals surface area contributed by atoms with Crippen molar-refractivity contribution in [3.05, 3.63) is 42.0 Å². The first-order chi connectivity index (χ1) is 12.6. The van der Waals surface area contributed by atoms with E-state index in [1.165, 1.54) is 12.0 Å². The maximum atomic E-state index is 12.9. The fourth-order valence-electron chi connectivity index (χ4n) is 3.86. The highest BCUT2D eigenvalue weighted by Gasteiger charge is 2.34. The smallest absolute Gasteiger partial charge is 0.282 e. The van der Waals surface area contributed by atoms with Gasteiger partial charge in [-0.25, -0.2) is 0 Å². The van der Waals surface area contributed by atoms with E-state index in [0.717, 1.165) is 45.3 Å². The highest BCUT2D eigenvalue weighted by Crippen LogP contribution is 2.25. The summed E-state index contributed by atoms with van der Waals surface area (Å²) in [5.74, 6) is 0. The molecule has 1 aliphatic heterocycles. The number of hydrogen-bond acceptors (Lipinski definition) is 3. The van der Waals surface area contributed by atoms with Gasteiger partial charge in [0.1, 0.15) is 0 Å². The number of nitrogens with zero attached hydrogens (tertiary/aromatic N) is 3. The maximum absolute atomic E-state index is 12.9. The molecule has 1 saturated carbocycles. The second-order valence-electron chi connectivity index (χ2n) is 7.33. The molecular weight excluding hydrogens is 346 g/mol. The van der Waals surface area contributed by atoms with Gasteiger partial charge in [0, 0.05) is 45.8 Å². The molecule has 0 bridgehead atoms. The lowest BCUT2D eigenvalue weighted by molar-refractivity contribution is 0.189. The third-order valence-corrected chi connectivity index (χ3v) is 7.63. The first-order valence-corrected chi connectivity index (χ1v) is 11.1. The Kier molecular flexibility index (Phi) is 6.86. The Bertz CT molecular complexity index is 676. The first kappa shape index (κ1) is 19.5. The van der Waals surface area contributed by atoms with E-state index in [1.54, 1.807) is 15.7 Å². The minimum Gasteiger partial charge on any atom is -0.297 e. The topological polar surface area (TPSA) is 43.9 Å². The van der Waals surface area contributed by atoms with Gasteiger partial charge in [-0.3, -0.25) is 4.90 Å². The van der Waals surface area contributed by atoms with E-state index in [1.807, 2.05) is 18.2 Å². The normalized spacial score (nSPS) is 21.6. The predicted octanol–water partition coefficient (Wildman–Crippen LogP) is 2.83. The second-order valence-corrected chi connectivity index (χ2v) is 9.32. The van der Waals surface area contributed by atoms with Gasteiger partial charge in [-0.15, -0.1) is 0 Å². The number of benzene rings is 1. The minimum atomic E-state index is -3.33. The zero-order valence-electron chi connectivity index (χ0n) is 15.8. The zero-order chi connectivity index (χ0) is 18.4. The Hall–Kier alpha value is -1.21. The largest absolute Gasteiger partial charge is 0.297 e. The summed E-state index contributed by atoms with van der Waals surface area (Å²) in [5.41, 5.74) is 1.20. The van der Waals surface area contributed by atoms with Crippen molar-refractivity contribution in [3.63, 3.8) is 0 Å². The molecule has 0 N–H and O–H groups in total. The van der Waals surface area contributed by atoms with Crippen LogP contribution in [-0.4, -0.2) is 67.7 Å². The van der Waals surface area contributed by atoms with E-state index >= 15 is 0 Å². The van der Waals surface area contributed by atoms with Crippen LogP contribution in [0.5, 0.6) is 0 Å². The van der Waals surface area contributed by atoms with Crippen LogP contribution < -0.4 is 0 Å². The van der Waals surface area contributed by atoms with Gasteiger partial charge >= 0.3 is 0 Å². The molecule has 3 rings (SSSR count). The minimum absolute atomic E-state index is 0.181. The van der Waals surface area contributed by atoms with Gasteiger partial charge in [0.2, 0.25) is 0 Å². The van der Waals surface area contributed by atoms with Gasteiger partial charge in [-0.1, -0.05) is 61.7 Å². The number of piperazine rings is 1. The highest BCUT2D eigenvalue weighted by atomic mass is 32.2. The van der Waals surface area contributed by atoms with Crippen LogP contribution in [0.3, 0.4) is 0 Å². The molecule has 1 aromatic rings. The molecule has 1 heterocycles. The van der Waals surface area contributed by atoms with Gasteiger partial charge in [0.25, 0.3) is 10.2 Å². The van der Waals surface area contributed by atoms with Gasteiger partial charge in [0.15, 0.2) is 0 Å². The van der Waals surface area contributed by atoms with Crippen molar-refractivity contribution >= 4 is 16.3 Å². The van der Waals surface area contributed by atoms with Crippen molar-refractivity contribution in [2.45, 2.75) is 38.1 Å². The summed E-state index contributed by atoms with van der Waals surface area (Å²) >= 11 is 0. The van der Waals surface area contributed by atoms with Crippen LogP contribution in [0.4, 0.5) is 0 Å². The van der Waals surface area contributed by atoms with Crippen molar-refractivity contribution in [2.75, 3.05) is 39.8 Å². The molecule has 0 amide bonds. The zero-order valence-corrected chi connectivity index (χ0v) is 16.6.